The van der Waals surface area contributed by atoms with Crippen LogP contribution in [0.2, 0.25) is 0 Å². The standard InChI is InChI=1S/C22H28O3.C5H9Cl2N3O2.C3H7NO/c1-4-22(25-14(2)23)12-10-20-19-7-5-15-13-16(24)6-8-17(15)18(19)9-11-21(20,22)3;6-1-3-8-5(11)10(9-12)4-2-7;1-4(2)3-5/h1,13,17-20H,5-12H2,2-3H3;1-4H2,(H,8,11);3H,1-2H3/t17-,18+,19+,20-,21-,22-;;/m0../s1. The summed E-state index contributed by atoms with van der Waals surface area (Å²) < 4.78 is 5.79. The molecule has 3 saturated carbocycles. The molecule has 42 heavy (non-hydrogen) atoms. The van der Waals surface area contributed by atoms with E-state index in [1.54, 1.807) is 14.1 Å². The maximum Gasteiger partial charge on any atom is 0.340 e. The fourth-order valence-corrected chi connectivity index (χ4v) is 7.62. The summed E-state index contributed by atoms with van der Waals surface area (Å²) in [5.41, 5.74) is 0.565. The fraction of sp³-hybridized carbons (Fsp3) is 0.733. The van der Waals surface area contributed by atoms with Crippen molar-refractivity contribution in [1.29, 1.82) is 0 Å². The average molecular weight is 628 g/mol. The molecule has 3 fully saturated rings. The number of nitrogens with zero attached hydrogens (tertiary/aromatic N) is 3. The third-order valence-corrected chi connectivity index (χ3v) is 9.54. The number of carbonyl (C=O) groups is 4. The highest BCUT2D eigenvalue weighted by Gasteiger charge is 2.64. The summed E-state index contributed by atoms with van der Waals surface area (Å²) in [4.78, 5) is 55.3. The fourth-order valence-electron chi connectivity index (χ4n) is 7.36. The topological polar surface area (TPSA) is 125 Å². The number of carbonyl (C=O) groups excluding carboxylic acids is 4. The van der Waals surface area contributed by atoms with Gasteiger partial charge < -0.3 is 15.0 Å². The number of fused-ring (bicyclic) bond motifs is 5. The molecular formula is C30H44Cl2N4O6. The summed E-state index contributed by atoms with van der Waals surface area (Å²) in [6.07, 6.45) is 16.6. The number of urea groups is 1. The molecule has 0 heterocycles. The smallest absolute Gasteiger partial charge is 0.340 e. The molecule has 4 rings (SSSR count). The quantitative estimate of drug-likeness (QED) is 0.107. The van der Waals surface area contributed by atoms with Gasteiger partial charge >= 0.3 is 12.0 Å². The number of amides is 3. The Balaban J connectivity index is 0.000000304. The Morgan fingerprint density at radius 1 is 1.17 bits per heavy atom. The molecule has 10 nitrogen and oxygen atoms in total. The Morgan fingerprint density at radius 2 is 1.86 bits per heavy atom. The zero-order chi connectivity index (χ0) is 31.5. The van der Waals surface area contributed by atoms with Crippen LogP contribution in [0.3, 0.4) is 0 Å². The second kappa shape index (κ2) is 16.3. The van der Waals surface area contributed by atoms with Crippen molar-refractivity contribution in [2.75, 3.05) is 38.9 Å². The number of ether oxygens (including phenoxy) is 1. The minimum atomic E-state index is -0.729. The number of halogens is 2. The summed E-state index contributed by atoms with van der Waals surface area (Å²) in [6, 6.07) is -0.578. The third kappa shape index (κ3) is 8.25. The van der Waals surface area contributed by atoms with E-state index in [1.165, 1.54) is 17.4 Å². The predicted octanol–water partition coefficient (Wildman–Crippen LogP) is 4.92. The van der Waals surface area contributed by atoms with E-state index in [-0.39, 0.29) is 23.8 Å². The van der Waals surface area contributed by atoms with Gasteiger partial charge in [0.25, 0.3) is 0 Å². The molecule has 6 atom stereocenters. The number of hydrogen-bond acceptors (Lipinski definition) is 7. The molecule has 234 valence electrons. The van der Waals surface area contributed by atoms with Crippen molar-refractivity contribution >= 4 is 47.4 Å². The molecule has 0 aromatic rings. The molecule has 12 heteroatoms. The van der Waals surface area contributed by atoms with Crippen LogP contribution in [-0.2, 0) is 19.1 Å². The van der Waals surface area contributed by atoms with Crippen LogP contribution >= 0.6 is 23.2 Å². The number of ketones is 1. The molecule has 0 spiro atoms. The number of rotatable bonds is 7. The van der Waals surface area contributed by atoms with Crippen LogP contribution in [0.15, 0.2) is 16.9 Å². The first kappa shape index (κ1) is 35.6. The van der Waals surface area contributed by atoms with Gasteiger partial charge in [-0.15, -0.1) is 34.5 Å². The zero-order valence-corrected chi connectivity index (χ0v) is 26.6. The first-order valence-corrected chi connectivity index (χ1v) is 15.5. The highest BCUT2D eigenvalue weighted by molar-refractivity contribution is 6.18. The number of esters is 1. The number of terminal acetylenes is 1. The number of alkyl halides is 2. The van der Waals surface area contributed by atoms with E-state index in [0.29, 0.717) is 53.3 Å². The Hall–Kier alpha value is -2.64. The molecule has 0 bridgehead atoms. The molecule has 4 aliphatic carbocycles. The van der Waals surface area contributed by atoms with Gasteiger partial charge in [-0.3, -0.25) is 14.4 Å². The van der Waals surface area contributed by atoms with Crippen LogP contribution in [-0.4, -0.2) is 78.6 Å². The Kier molecular flexibility index (Phi) is 13.8. The Bertz CT molecular complexity index is 1060. The minimum Gasteiger partial charge on any atom is -0.445 e. The summed E-state index contributed by atoms with van der Waals surface area (Å²) in [5, 5.41) is 5.55. The van der Waals surface area contributed by atoms with E-state index in [4.69, 9.17) is 34.4 Å². The lowest BCUT2D eigenvalue weighted by atomic mass is 9.50. The van der Waals surface area contributed by atoms with Crippen LogP contribution in [0, 0.1) is 46.3 Å². The maximum absolute atomic E-state index is 11.8. The summed E-state index contributed by atoms with van der Waals surface area (Å²) in [7, 11) is 3.38. The first-order chi connectivity index (χ1) is 19.9. The minimum absolute atomic E-state index is 0.0964. The number of allylic oxidation sites excluding steroid dienone is 1. The van der Waals surface area contributed by atoms with Gasteiger partial charge in [-0.25, -0.2) is 4.79 Å². The highest BCUT2D eigenvalue weighted by atomic mass is 35.5. The van der Waals surface area contributed by atoms with Crippen molar-refractivity contribution in [3.63, 3.8) is 0 Å². The lowest BCUT2D eigenvalue weighted by Gasteiger charge is -2.55. The van der Waals surface area contributed by atoms with Crippen LogP contribution in [0.25, 0.3) is 0 Å². The first-order valence-electron chi connectivity index (χ1n) is 14.5. The van der Waals surface area contributed by atoms with E-state index in [2.05, 4.69) is 23.4 Å². The van der Waals surface area contributed by atoms with Crippen molar-refractivity contribution in [1.82, 2.24) is 15.2 Å². The normalized spacial score (nSPS) is 30.5. The number of hydrogen-bond donors (Lipinski definition) is 1. The Morgan fingerprint density at radius 3 is 2.40 bits per heavy atom. The number of nitrogens with one attached hydrogen (secondary N) is 1. The number of nitroso groups, excluding NO2 is 1. The van der Waals surface area contributed by atoms with Crippen molar-refractivity contribution in [2.45, 2.75) is 70.8 Å². The molecule has 0 aromatic carbocycles. The molecule has 0 radical (unpaired) electrons. The molecule has 0 aliphatic heterocycles. The Labute approximate surface area is 259 Å². The van der Waals surface area contributed by atoms with E-state index < -0.39 is 11.6 Å². The van der Waals surface area contributed by atoms with Crippen LogP contribution in [0.5, 0.6) is 0 Å². The summed E-state index contributed by atoms with van der Waals surface area (Å²) in [6.45, 7) is 4.13. The summed E-state index contributed by atoms with van der Waals surface area (Å²) in [5.74, 6) is 5.87. The SMILES string of the molecule is C#C[C@]1(OC(C)=O)CC[C@H]2[C@@H]3CCC4=CC(=O)CC[C@@H]4[C@H]3CC[C@@]21C.CN(C)C=O.O=NN(CCCl)C(=O)NCCCl. The molecule has 4 aliphatic rings. The van der Waals surface area contributed by atoms with Gasteiger partial charge in [0.15, 0.2) is 11.4 Å². The zero-order valence-electron chi connectivity index (χ0n) is 25.1. The highest BCUT2D eigenvalue weighted by Crippen LogP contribution is 2.65. The van der Waals surface area contributed by atoms with Crippen molar-refractivity contribution < 1.29 is 23.9 Å². The molecular weight excluding hydrogens is 583 g/mol. The lowest BCUT2D eigenvalue weighted by Crippen LogP contribution is -2.53. The van der Waals surface area contributed by atoms with E-state index in [9.17, 15) is 24.1 Å². The van der Waals surface area contributed by atoms with Gasteiger partial charge in [0.05, 0.1) is 11.8 Å². The van der Waals surface area contributed by atoms with Gasteiger partial charge in [-0.05, 0) is 74.7 Å². The van der Waals surface area contributed by atoms with Crippen LogP contribution in [0.4, 0.5) is 4.79 Å². The van der Waals surface area contributed by atoms with E-state index >= 15 is 0 Å². The van der Waals surface area contributed by atoms with Gasteiger partial charge in [0, 0.05) is 51.2 Å². The second-order valence-electron chi connectivity index (χ2n) is 11.7. The van der Waals surface area contributed by atoms with Crippen molar-refractivity contribution in [3.05, 3.63) is 16.6 Å². The van der Waals surface area contributed by atoms with Crippen LogP contribution in [0.1, 0.15) is 65.2 Å². The van der Waals surface area contributed by atoms with E-state index in [1.807, 2.05) is 6.08 Å². The van der Waals surface area contributed by atoms with Crippen molar-refractivity contribution in [3.8, 4) is 12.3 Å². The monoisotopic (exact) mass is 626 g/mol. The van der Waals surface area contributed by atoms with Crippen LogP contribution < -0.4 is 5.32 Å². The lowest BCUT2D eigenvalue weighted by molar-refractivity contribution is -0.167. The van der Waals surface area contributed by atoms with E-state index in [0.717, 1.165) is 51.4 Å². The van der Waals surface area contributed by atoms with Gasteiger partial charge in [-0.2, -0.15) is 5.01 Å². The van der Waals surface area contributed by atoms with Gasteiger partial charge in [0.2, 0.25) is 6.41 Å². The van der Waals surface area contributed by atoms with Gasteiger partial charge in [-0.1, -0.05) is 18.4 Å². The predicted molar refractivity (Wildman–Crippen MR) is 163 cm³/mol. The average Bonchev–Trinajstić information content (AvgIpc) is 3.26. The molecule has 0 saturated heterocycles. The second-order valence-corrected chi connectivity index (χ2v) is 12.5. The molecule has 0 aromatic heterocycles. The molecule has 0 unspecified atom stereocenters. The third-order valence-electron chi connectivity index (χ3n) is 9.18. The van der Waals surface area contributed by atoms with Crippen molar-refractivity contribution in [2.24, 2.45) is 34.4 Å². The summed E-state index contributed by atoms with van der Waals surface area (Å²) >= 11 is 10.6. The largest absolute Gasteiger partial charge is 0.445 e. The maximum atomic E-state index is 11.8. The molecule has 1 N–H and O–H groups in total. The molecule has 3 amide bonds. The van der Waals surface area contributed by atoms with Gasteiger partial charge in [0.1, 0.15) is 0 Å².